The van der Waals surface area contributed by atoms with Crippen LogP contribution in [0, 0.1) is 40.9 Å². The summed E-state index contributed by atoms with van der Waals surface area (Å²) in [5.74, 6) is 2.50. The molecule has 0 spiro atoms. The Kier molecular flexibility index (Phi) is 4.37. The van der Waals surface area contributed by atoms with Gasteiger partial charge in [0.25, 0.3) is 0 Å². The van der Waals surface area contributed by atoms with Crippen LogP contribution in [0.1, 0.15) is 58.8 Å². The third kappa shape index (κ3) is 2.46. The largest absolute Gasteiger partial charge is 0.448 e. The van der Waals surface area contributed by atoms with E-state index in [4.69, 9.17) is 11.2 Å². The summed E-state index contributed by atoms with van der Waals surface area (Å²) in [7, 11) is 0. The molecule has 6 atom stereocenters. The first kappa shape index (κ1) is 19.1. The summed E-state index contributed by atoms with van der Waals surface area (Å²) in [5, 5.41) is 0. The van der Waals surface area contributed by atoms with Crippen molar-refractivity contribution in [2.45, 2.75) is 64.9 Å². The minimum Gasteiger partial charge on any atom is -0.448 e. The molecule has 0 aromatic rings. The van der Waals surface area contributed by atoms with Gasteiger partial charge in [0.05, 0.1) is 5.41 Å². The highest BCUT2D eigenvalue weighted by Gasteiger charge is 2.64. The summed E-state index contributed by atoms with van der Waals surface area (Å²) >= 11 is 0. The van der Waals surface area contributed by atoms with Gasteiger partial charge in [0, 0.05) is 37.2 Å². The van der Waals surface area contributed by atoms with E-state index in [-0.39, 0.29) is 34.7 Å². The maximum absolute atomic E-state index is 13.2. The Morgan fingerprint density at radius 3 is 2.64 bits per heavy atom. The van der Waals surface area contributed by atoms with Crippen LogP contribution in [0.4, 0.5) is 0 Å². The van der Waals surface area contributed by atoms with Crippen molar-refractivity contribution in [2.75, 3.05) is 0 Å². The number of hydrogen-bond donors (Lipinski definition) is 0. The fourth-order valence-corrected chi connectivity index (χ4v) is 6.78. The van der Waals surface area contributed by atoms with Crippen LogP contribution >= 0.6 is 0 Å². The topological polar surface area (TPSA) is 77.5 Å². The van der Waals surface area contributed by atoms with Crippen molar-refractivity contribution in [3.05, 3.63) is 11.6 Å². The van der Waals surface area contributed by atoms with E-state index in [1.54, 1.807) is 0 Å². The van der Waals surface area contributed by atoms with E-state index in [1.165, 1.54) is 13.0 Å². The number of rotatable bonds is 2. The second-order valence-electron chi connectivity index (χ2n) is 9.14. The number of hydrogen-bond acceptors (Lipinski definition) is 5. The summed E-state index contributed by atoms with van der Waals surface area (Å²) in [6.45, 7) is 3.36. The molecule has 0 aromatic heterocycles. The second kappa shape index (κ2) is 6.40. The lowest BCUT2D eigenvalue weighted by atomic mass is 9.45. The van der Waals surface area contributed by atoms with Gasteiger partial charge < -0.3 is 4.74 Å². The molecule has 5 heteroatoms. The minimum atomic E-state index is -0.873. The molecule has 4 aliphatic carbocycles. The summed E-state index contributed by atoms with van der Waals surface area (Å²) in [6.07, 6.45) is 10.3. The monoisotopic (exact) mass is 382 g/mol. The van der Waals surface area contributed by atoms with Crippen molar-refractivity contribution >= 4 is 23.3 Å². The van der Waals surface area contributed by atoms with Gasteiger partial charge in [0.15, 0.2) is 17.7 Å². The fraction of sp³-hybridized carbons (Fsp3) is 0.652. The zero-order valence-corrected chi connectivity index (χ0v) is 16.5. The molecule has 0 heterocycles. The Bertz CT molecular complexity index is 846. The maximum atomic E-state index is 13.2. The summed E-state index contributed by atoms with van der Waals surface area (Å²) < 4.78 is 5.54. The van der Waals surface area contributed by atoms with E-state index >= 15 is 0 Å². The summed E-state index contributed by atoms with van der Waals surface area (Å²) in [4.78, 5) is 49.7. The molecule has 148 valence electrons. The molecule has 0 saturated heterocycles. The van der Waals surface area contributed by atoms with Crippen molar-refractivity contribution in [1.29, 1.82) is 0 Å². The lowest BCUT2D eigenvalue weighted by molar-refractivity contribution is -0.160. The van der Waals surface area contributed by atoms with Crippen LogP contribution in [0.15, 0.2) is 11.6 Å². The molecule has 3 fully saturated rings. The molecule has 28 heavy (non-hydrogen) atoms. The molecule has 4 rings (SSSR count). The number of ether oxygens (including phenoxy) is 1. The lowest BCUT2D eigenvalue weighted by Gasteiger charge is -2.58. The Morgan fingerprint density at radius 1 is 1.21 bits per heavy atom. The molecule has 3 saturated carbocycles. The first-order valence-electron chi connectivity index (χ1n) is 10.2. The van der Waals surface area contributed by atoms with E-state index < -0.39 is 17.5 Å². The van der Waals surface area contributed by atoms with Crippen molar-refractivity contribution in [3.8, 4) is 12.3 Å². The fourth-order valence-electron chi connectivity index (χ4n) is 6.78. The Morgan fingerprint density at radius 2 is 1.96 bits per heavy atom. The molecule has 0 unspecified atom stereocenters. The molecule has 0 bridgehead atoms. The molecule has 0 amide bonds. The van der Waals surface area contributed by atoms with Gasteiger partial charge in [-0.3, -0.25) is 19.2 Å². The van der Waals surface area contributed by atoms with Gasteiger partial charge in [-0.25, -0.2) is 0 Å². The molecule has 0 radical (unpaired) electrons. The van der Waals surface area contributed by atoms with E-state index in [1.807, 2.05) is 6.92 Å². The predicted octanol–water partition coefficient (Wildman–Crippen LogP) is 2.81. The Hall–Kier alpha value is -2.22. The first-order chi connectivity index (χ1) is 13.2. The molecule has 5 nitrogen and oxygen atoms in total. The zero-order valence-electron chi connectivity index (χ0n) is 16.5. The zero-order chi connectivity index (χ0) is 20.3. The van der Waals surface area contributed by atoms with Gasteiger partial charge in [-0.2, -0.15) is 0 Å². The van der Waals surface area contributed by atoms with Gasteiger partial charge >= 0.3 is 5.97 Å². The molecule has 4 aliphatic rings. The molecular formula is C23H26O5. The second-order valence-corrected chi connectivity index (χ2v) is 9.14. The van der Waals surface area contributed by atoms with Gasteiger partial charge in [-0.05, 0) is 49.5 Å². The van der Waals surface area contributed by atoms with Crippen molar-refractivity contribution in [3.63, 3.8) is 0 Å². The smallest absolute Gasteiger partial charge is 0.303 e. The summed E-state index contributed by atoms with van der Waals surface area (Å²) in [6, 6.07) is 0. The number of Topliss-reactive ketones (excluding diaryl/α,β-unsaturated/α-hetero) is 2. The van der Waals surface area contributed by atoms with Gasteiger partial charge in [0.2, 0.25) is 0 Å². The Balaban J connectivity index is 1.85. The maximum Gasteiger partial charge on any atom is 0.303 e. The number of carbonyl (C=O) groups is 4. The lowest BCUT2D eigenvalue weighted by Crippen LogP contribution is -2.58. The van der Waals surface area contributed by atoms with Crippen LogP contribution in [0.3, 0.4) is 0 Å². The van der Waals surface area contributed by atoms with Crippen LogP contribution in [-0.4, -0.2) is 29.4 Å². The predicted molar refractivity (Wildman–Crippen MR) is 101 cm³/mol. The van der Waals surface area contributed by atoms with Crippen molar-refractivity contribution in [1.82, 2.24) is 0 Å². The van der Waals surface area contributed by atoms with Crippen molar-refractivity contribution in [2.24, 2.45) is 28.6 Å². The number of fused-ring (bicyclic) bond motifs is 5. The molecule has 0 N–H and O–H groups in total. The van der Waals surface area contributed by atoms with Crippen molar-refractivity contribution < 1.29 is 23.9 Å². The molecular weight excluding hydrogens is 356 g/mol. The van der Waals surface area contributed by atoms with Gasteiger partial charge in [-0.15, -0.1) is 6.42 Å². The number of carbonyl (C=O) groups excluding carboxylic acids is 4. The van der Waals surface area contributed by atoms with E-state index in [0.717, 1.165) is 19.3 Å². The number of esters is 1. The van der Waals surface area contributed by atoms with E-state index in [9.17, 15) is 19.2 Å². The molecule has 0 aliphatic heterocycles. The third-order valence-electron chi connectivity index (χ3n) is 8.02. The first-order valence-corrected chi connectivity index (χ1v) is 10.2. The standard InChI is InChI=1S/C23H26O5/c1-4-21(28-13(2)24)23-10-7-14(25)11-18(23)19(26)12-15-16-5-6-20(27)22(16,3)9-8-17(15)23/h1,11,15-17,21H,5-10,12H2,2-3H3/t15-,16-,17-,21+,22-,23-/m0/s1. The van der Waals surface area contributed by atoms with Crippen LogP contribution in [0.5, 0.6) is 0 Å². The average Bonchev–Trinajstić information content (AvgIpc) is 2.95. The van der Waals surface area contributed by atoms with E-state index in [0.29, 0.717) is 37.0 Å². The average molecular weight is 382 g/mol. The van der Waals surface area contributed by atoms with Gasteiger partial charge in [0.1, 0.15) is 5.78 Å². The minimum absolute atomic E-state index is 0.0360. The van der Waals surface area contributed by atoms with Crippen LogP contribution in [0.2, 0.25) is 0 Å². The quantitative estimate of drug-likeness (QED) is 0.542. The van der Waals surface area contributed by atoms with Crippen LogP contribution in [0.25, 0.3) is 0 Å². The highest BCUT2D eigenvalue weighted by molar-refractivity contribution is 6.06. The van der Waals surface area contributed by atoms with E-state index in [2.05, 4.69) is 5.92 Å². The highest BCUT2D eigenvalue weighted by Crippen LogP contribution is 2.65. The number of terminal acetylenes is 1. The Labute approximate surface area is 165 Å². The molecule has 0 aromatic carbocycles. The highest BCUT2D eigenvalue weighted by atomic mass is 16.5. The normalized spacial score (nSPS) is 40.5. The van der Waals surface area contributed by atoms with Crippen LogP contribution in [-0.2, 0) is 23.9 Å². The van der Waals surface area contributed by atoms with Crippen LogP contribution < -0.4 is 0 Å². The summed E-state index contributed by atoms with van der Waals surface area (Å²) in [5.41, 5.74) is -0.745. The van der Waals surface area contributed by atoms with Gasteiger partial charge in [-0.1, -0.05) is 12.8 Å². The number of ketones is 3. The SMILES string of the molecule is C#C[C@@H](OC(C)=O)[C@]12CCC(=O)C=C1C(=O)C[C@@H]1[C@@H]2CC[C@]2(C)C(=O)CC[C@@H]12. The third-order valence-corrected chi connectivity index (χ3v) is 8.02.